The number of anilines is 1. The highest BCUT2D eigenvalue weighted by atomic mass is 35.5. The van der Waals surface area contributed by atoms with Gasteiger partial charge in [0.25, 0.3) is 5.91 Å². The molecular weight excluding hydrogens is 337 g/mol. The summed E-state index contributed by atoms with van der Waals surface area (Å²) in [6.45, 7) is -0.391. The van der Waals surface area contributed by atoms with Crippen LogP contribution >= 0.6 is 23.2 Å². The second-order valence-electron chi connectivity index (χ2n) is 4.52. The number of benzene rings is 2. The third-order valence-corrected chi connectivity index (χ3v) is 3.34. The Hall–Kier alpha value is -2.30. The lowest BCUT2D eigenvalue weighted by Crippen LogP contribution is -2.20. The molecular formula is C17H13Cl2NO3. The molecule has 6 heteroatoms. The summed E-state index contributed by atoms with van der Waals surface area (Å²) >= 11 is 11.8. The third-order valence-electron chi connectivity index (χ3n) is 2.76. The molecule has 118 valence electrons. The van der Waals surface area contributed by atoms with Gasteiger partial charge in [-0.25, -0.2) is 4.79 Å². The van der Waals surface area contributed by atoms with Crippen LogP contribution in [-0.4, -0.2) is 18.5 Å². The number of ether oxygens (including phenoxy) is 1. The average Bonchev–Trinajstić information content (AvgIpc) is 2.52. The number of esters is 1. The van der Waals surface area contributed by atoms with E-state index in [0.717, 1.165) is 0 Å². The highest BCUT2D eigenvalue weighted by molar-refractivity contribution is 6.32. The van der Waals surface area contributed by atoms with Crippen LogP contribution in [0.2, 0.25) is 10.0 Å². The molecule has 2 aromatic carbocycles. The number of halogens is 2. The van der Waals surface area contributed by atoms with E-state index in [1.165, 1.54) is 12.2 Å². The minimum atomic E-state index is -0.633. The van der Waals surface area contributed by atoms with Crippen LogP contribution < -0.4 is 5.32 Å². The van der Waals surface area contributed by atoms with Crippen LogP contribution in [0.5, 0.6) is 0 Å². The van der Waals surface area contributed by atoms with E-state index in [1.54, 1.807) is 48.5 Å². The van der Waals surface area contributed by atoms with Gasteiger partial charge in [0.15, 0.2) is 6.61 Å². The Morgan fingerprint density at radius 3 is 2.61 bits per heavy atom. The van der Waals surface area contributed by atoms with E-state index in [2.05, 4.69) is 5.32 Å². The molecule has 0 atom stereocenters. The summed E-state index contributed by atoms with van der Waals surface area (Å²) in [5.74, 6) is -1.09. The van der Waals surface area contributed by atoms with Gasteiger partial charge in [0.2, 0.25) is 0 Å². The van der Waals surface area contributed by atoms with Gasteiger partial charge in [-0.1, -0.05) is 47.5 Å². The van der Waals surface area contributed by atoms with E-state index in [4.69, 9.17) is 27.9 Å². The molecule has 0 bridgehead atoms. The minimum absolute atomic E-state index is 0.391. The molecule has 0 aliphatic rings. The highest BCUT2D eigenvalue weighted by Crippen LogP contribution is 2.16. The summed E-state index contributed by atoms with van der Waals surface area (Å²) in [6.07, 6.45) is 2.74. The first kappa shape index (κ1) is 17.1. The Labute approximate surface area is 143 Å². The van der Waals surface area contributed by atoms with Gasteiger partial charge in [-0.2, -0.15) is 0 Å². The van der Waals surface area contributed by atoms with Gasteiger partial charge in [0.1, 0.15) is 0 Å². The van der Waals surface area contributed by atoms with Gasteiger partial charge < -0.3 is 10.1 Å². The van der Waals surface area contributed by atoms with Gasteiger partial charge >= 0.3 is 5.97 Å². The fraction of sp³-hybridized carbons (Fsp3) is 0.0588. The number of hydrogen-bond acceptors (Lipinski definition) is 3. The molecule has 0 aromatic heterocycles. The number of carbonyl (C=O) groups is 2. The van der Waals surface area contributed by atoms with Crippen molar-refractivity contribution < 1.29 is 14.3 Å². The molecule has 1 amide bonds. The van der Waals surface area contributed by atoms with Crippen LogP contribution in [0.4, 0.5) is 5.69 Å². The summed E-state index contributed by atoms with van der Waals surface area (Å²) in [5, 5.41) is 3.60. The number of hydrogen-bond donors (Lipinski definition) is 1. The molecule has 0 radical (unpaired) electrons. The van der Waals surface area contributed by atoms with E-state index in [-0.39, 0.29) is 0 Å². The highest BCUT2D eigenvalue weighted by Gasteiger charge is 2.06. The topological polar surface area (TPSA) is 55.4 Å². The number of amides is 1. The molecule has 0 spiro atoms. The number of carbonyl (C=O) groups excluding carboxylic acids is 2. The predicted octanol–water partition coefficient (Wildman–Crippen LogP) is 4.19. The van der Waals surface area contributed by atoms with Crippen LogP contribution in [0, 0.1) is 0 Å². The fourth-order valence-electron chi connectivity index (χ4n) is 1.72. The van der Waals surface area contributed by atoms with Crippen molar-refractivity contribution in [2.45, 2.75) is 0 Å². The molecule has 0 aliphatic heterocycles. The normalized spacial score (nSPS) is 10.5. The molecule has 2 rings (SSSR count). The minimum Gasteiger partial charge on any atom is -0.452 e. The zero-order chi connectivity index (χ0) is 16.7. The lowest BCUT2D eigenvalue weighted by atomic mass is 10.2. The summed E-state index contributed by atoms with van der Waals surface area (Å²) in [7, 11) is 0. The molecule has 0 saturated carbocycles. The molecule has 2 aromatic rings. The van der Waals surface area contributed by atoms with Gasteiger partial charge in [-0.3, -0.25) is 4.79 Å². The Kier molecular flexibility index (Phi) is 6.20. The monoisotopic (exact) mass is 349 g/mol. The standard InChI is InChI=1S/C17H13Cl2NO3/c18-13-5-3-6-14(10-13)20-16(21)11-23-17(22)9-8-12-4-1-2-7-15(12)19/h1-10H,11H2,(H,20,21)/b9-8+. The van der Waals surface area contributed by atoms with E-state index in [9.17, 15) is 9.59 Å². The smallest absolute Gasteiger partial charge is 0.331 e. The maximum atomic E-state index is 11.7. The Balaban J connectivity index is 1.82. The lowest BCUT2D eigenvalue weighted by molar-refractivity contribution is -0.142. The van der Waals surface area contributed by atoms with Crippen LogP contribution in [0.25, 0.3) is 6.08 Å². The molecule has 0 aliphatic carbocycles. The van der Waals surface area contributed by atoms with Crippen molar-refractivity contribution in [3.05, 3.63) is 70.2 Å². The number of nitrogens with one attached hydrogen (secondary N) is 1. The van der Waals surface area contributed by atoms with Gasteiger partial charge in [-0.05, 0) is 35.9 Å². The Morgan fingerprint density at radius 1 is 1.09 bits per heavy atom. The number of rotatable bonds is 5. The molecule has 0 unspecified atom stereocenters. The van der Waals surface area contributed by atoms with Crippen LogP contribution in [0.1, 0.15) is 5.56 Å². The van der Waals surface area contributed by atoms with E-state index >= 15 is 0 Å². The van der Waals surface area contributed by atoms with Crippen molar-refractivity contribution in [3.8, 4) is 0 Å². The summed E-state index contributed by atoms with van der Waals surface area (Å²) in [6, 6.07) is 13.7. The summed E-state index contributed by atoms with van der Waals surface area (Å²) in [4.78, 5) is 23.3. The molecule has 4 nitrogen and oxygen atoms in total. The van der Waals surface area contributed by atoms with E-state index in [1.807, 2.05) is 0 Å². The quantitative estimate of drug-likeness (QED) is 0.650. The zero-order valence-electron chi connectivity index (χ0n) is 12.0. The molecule has 23 heavy (non-hydrogen) atoms. The third kappa shape index (κ3) is 5.77. The maximum Gasteiger partial charge on any atom is 0.331 e. The Morgan fingerprint density at radius 2 is 1.87 bits per heavy atom. The van der Waals surface area contributed by atoms with Crippen LogP contribution in [-0.2, 0) is 14.3 Å². The molecule has 0 fully saturated rings. The summed E-state index contributed by atoms with van der Waals surface area (Å²) in [5.41, 5.74) is 1.22. The van der Waals surface area contributed by atoms with Crippen molar-refractivity contribution in [3.63, 3.8) is 0 Å². The second-order valence-corrected chi connectivity index (χ2v) is 5.36. The van der Waals surface area contributed by atoms with Gasteiger partial charge in [-0.15, -0.1) is 0 Å². The first-order valence-electron chi connectivity index (χ1n) is 6.69. The van der Waals surface area contributed by atoms with Crippen molar-refractivity contribution >= 4 is 46.8 Å². The van der Waals surface area contributed by atoms with Crippen molar-refractivity contribution in [2.75, 3.05) is 11.9 Å². The molecule has 0 saturated heterocycles. The summed E-state index contributed by atoms with van der Waals surface area (Å²) < 4.78 is 4.85. The Bertz CT molecular complexity index is 744. The van der Waals surface area contributed by atoms with E-state index < -0.39 is 18.5 Å². The largest absolute Gasteiger partial charge is 0.452 e. The fourth-order valence-corrected chi connectivity index (χ4v) is 2.11. The first-order valence-corrected chi connectivity index (χ1v) is 7.45. The first-order chi connectivity index (χ1) is 11.0. The second kappa shape index (κ2) is 8.36. The molecule has 1 N–H and O–H groups in total. The maximum absolute atomic E-state index is 11.7. The predicted molar refractivity (Wildman–Crippen MR) is 91.5 cm³/mol. The average molecular weight is 350 g/mol. The SMILES string of the molecule is O=C(COC(=O)/C=C/c1ccccc1Cl)Nc1cccc(Cl)c1. The van der Waals surface area contributed by atoms with Gasteiger partial charge in [0, 0.05) is 21.8 Å². The molecule has 0 heterocycles. The van der Waals surface area contributed by atoms with Crippen molar-refractivity contribution in [1.29, 1.82) is 0 Å². The van der Waals surface area contributed by atoms with E-state index in [0.29, 0.717) is 21.3 Å². The van der Waals surface area contributed by atoms with Crippen molar-refractivity contribution in [1.82, 2.24) is 0 Å². The van der Waals surface area contributed by atoms with Crippen LogP contribution in [0.3, 0.4) is 0 Å². The lowest BCUT2D eigenvalue weighted by Gasteiger charge is -2.05. The van der Waals surface area contributed by atoms with Gasteiger partial charge in [0.05, 0.1) is 0 Å². The zero-order valence-corrected chi connectivity index (χ0v) is 13.5. The van der Waals surface area contributed by atoms with Crippen LogP contribution in [0.15, 0.2) is 54.6 Å². The van der Waals surface area contributed by atoms with Crippen molar-refractivity contribution in [2.24, 2.45) is 0 Å².